The number of hydrogen-bond acceptors (Lipinski definition) is 5. The van der Waals surface area contributed by atoms with Gasteiger partial charge in [-0.05, 0) is 19.2 Å². The third-order valence-electron chi connectivity index (χ3n) is 2.27. The molecule has 4 N–H and O–H groups in total. The lowest BCUT2D eigenvalue weighted by Gasteiger charge is -2.11. The van der Waals surface area contributed by atoms with E-state index in [-0.39, 0.29) is 4.90 Å². The van der Waals surface area contributed by atoms with E-state index in [1.807, 2.05) is 0 Å². The summed E-state index contributed by atoms with van der Waals surface area (Å²) < 4.78 is 31.0. The van der Waals surface area contributed by atoms with Crippen LogP contribution in [-0.2, 0) is 14.8 Å². The lowest BCUT2D eigenvalue weighted by atomic mass is 10.3. The summed E-state index contributed by atoms with van der Waals surface area (Å²) in [5.74, 6) is 0. The van der Waals surface area contributed by atoms with Crippen LogP contribution in [0.25, 0.3) is 0 Å². The summed E-state index contributed by atoms with van der Waals surface area (Å²) in [5.41, 5.74) is 5.85. The molecule has 0 heterocycles. The van der Waals surface area contributed by atoms with Crippen molar-refractivity contribution in [2.75, 3.05) is 38.7 Å². The van der Waals surface area contributed by atoms with E-state index in [1.165, 1.54) is 7.05 Å². The molecule has 0 aliphatic carbocycles. The third-order valence-corrected chi connectivity index (χ3v) is 3.74. The van der Waals surface area contributed by atoms with Gasteiger partial charge in [-0.25, -0.2) is 13.1 Å². The van der Waals surface area contributed by atoms with Gasteiger partial charge in [0.05, 0.1) is 18.9 Å². The molecule has 0 bridgehead atoms. The molecular weight excluding hydrogens is 254 g/mol. The van der Waals surface area contributed by atoms with E-state index in [2.05, 4.69) is 10.0 Å². The van der Waals surface area contributed by atoms with Crippen molar-refractivity contribution in [3.05, 3.63) is 24.3 Å². The minimum absolute atomic E-state index is 0.228. The normalized spacial score (nSPS) is 11.4. The van der Waals surface area contributed by atoms with Crippen molar-refractivity contribution in [3.8, 4) is 0 Å². The Hall–Kier alpha value is -1.15. The predicted molar refractivity (Wildman–Crippen MR) is 71.1 cm³/mol. The average Bonchev–Trinajstić information content (AvgIpc) is 2.39. The van der Waals surface area contributed by atoms with Crippen molar-refractivity contribution in [2.45, 2.75) is 4.90 Å². The van der Waals surface area contributed by atoms with Crippen LogP contribution in [0.15, 0.2) is 29.2 Å². The number of hydrogen-bond donors (Lipinski definition) is 3. The number of anilines is 1. The van der Waals surface area contributed by atoms with Crippen LogP contribution in [0, 0.1) is 0 Å². The molecule has 1 rings (SSSR count). The summed E-state index contributed by atoms with van der Waals surface area (Å²) in [4.78, 5) is 0.228. The molecule has 0 aromatic heterocycles. The van der Waals surface area contributed by atoms with Crippen molar-refractivity contribution in [3.63, 3.8) is 0 Å². The summed E-state index contributed by atoms with van der Waals surface area (Å²) in [5, 5.41) is 3.03. The van der Waals surface area contributed by atoms with E-state index in [0.29, 0.717) is 32.0 Å². The van der Waals surface area contributed by atoms with Crippen molar-refractivity contribution in [1.29, 1.82) is 0 Å². The first-order valence-electron chi connectivity index (χ1n) is 5.66. The summed E-state index contributed by atoms with van der Waals surface area (Å²) in [6, 6.07) is 6.72. The molecule has 0 amide bonds. The largest absolute Gasteiger partial charge is 0.382 e. The van der Waals surface area contributed by atoms with Gasteiger partial charge in [0.15, 0.2) is 0 Å². The monoisotopic (exact) mass is 273 g/mol. The van der Waals surface area contributed by atoms with Crippen molar-refractivity contribution < 1.29 is 13.2 Å². The second-order valence-electron chi connectivity index (χ2n) is 3.53. The highest BCUT2D eigenvalue weighted by molar-refractivity contribution is 7.89. The Morgan fingerprint density at radius 1 is 1.28 bits per heavy atom. The third kappa shape index (κ3) is 4.26. The molecule has 7 heteroatoms. The molecule has 0 aliphatic heterocycles. The van der Waals surface area contributed by atoms with Crippen molar-refractivity contribution in [1.82, 2.24) is 4.72 Å². The Morgan fingerprint density at radius 2 is 2.00 bits per heavy atom. The van der Waals surface area contributed by atoms with Crippen LogP contribution in [-0.4, -0.2) is 41.8 Å². The highest BCUT2D eigenvalue weighted by Gasteiger charge is 2.15. The van der Waals surface area contributed by atoms with Gasteiger partial charge in [-0.15, -0.1) is 0 Å². The molecule has 0 aliphatic rings. The minimum atomic E-state index is -3.45. The maximum Gasteiger partial charge on any atom is 0.242 e. The summed E-state index contributed by atoms with van der Waals surface area (Å²) >= 11 is 0. The van der Waals surface area contributed by atoms with E-state index in [1.54, 1.807) is 24.3 Å². The molecule has 0 radical (unpaired) electrons. The van der Waals surface area contributed by atoms with E-state index in [9.17, 15) is 8.42 Å². The molecule has 1 aromatic rings. The zero-order chi connectivity index (χ0) is 13.4. The lowest BCUT2D eigenvalue weighted by Crippen LogP contribution is -2.21. The first-order chi connectivity index (χ1) is 8.61. The number of rotatable bonds is 8. The number of benzene rings is 1. The van der Waals surface area contributed by atoms with Gasteiger partial charge in [-0.2, -0.15) is 0 Å². The van der Waals surface area contributed by atoms with Gasteiger partial charge in [0, 0.05) is 13.1 Å². The Balaban J connectivity index is 2.66. The predicted octanol–water partition coefficient (Wildman–Crippen LogP) is -0.0181. The van der Waals surface area contributed by atoms with E-state index < -0.39 is 10.0 Å². The maximum absolute atomic E-state index is 11.8. The second-order valence-corrected chi connectivity index (χ2v) is 5.39. The number of para-hydroxylation sites is 1. The molecule has 0 saturated heterocycles. The molecule has 0 spiro atoms. The smallest absolute Gasteiger partial charge is 0.242 e. The Kier molecular flexibility index (Phi) is 6.06. The maximum atomic E-state index is 11.8. The van der Waals surface area contributed by atoms with Gasteiger partial charge in [0.1, 0.15) is 4.90 Å². The van der Waals surface area contributed by atoms with Crippen molar-refractivity contribution in [2.24, 2.45) is 5.73 Å². The number of nitrogens with two attached hydrogens (primary N) is 1. The van der Waals surface area contributed by atoms with Gasteiger partial charge in [0.25, 0.3) is 0 Å². The van der Waals surface area contributed by atoms with Crippen LogP contribution in [0.3, 0.4) is 0 Å². The zero-order valence-electron chi connectivity index (χ0n) is 10.3. The highest BCUT2D eigenvalue weighted by Crippen LogP contribution is 2.19. The van der Waals surface area contributed by atoms with Crippen LogP contribution in [0.5, 0.6) is 0 Å². The molecular formula is C11H19N3O3S. The number of sulfonamides is 1. The topological polar surface area (TPSA) is 93.5 Å². The number of nitrogens with one attached hydrogen (secondary N) is 2. The van der Waals surface area contributed by atoms with Crippen LogP contribution >= 0.6 is 0 Å². The zero-order valence-corrected chi connectivity index (χ0v) is 11.2. The Labute approximate surface area is 108 Å². The first kappa shape index (κ1) is 14.9. The molecule has 0 fully saturated rings. The quantitative estimate of drug-likeness (QED) is 0.579. The van der Waals surface area contributed by atoms with Gasteiger partial charge in [-0.3, -0.25) is 0 Å². The van der Waals surface area contributed by atoms with Crippen LogP contribution in [0.1, 0.15) is 0 Å². The van der Waals surface area contributed by atoms with Gasteiger partial charge >= 0.3 is 0 Å². The van der Waals surface area contributed by atoms with E-state index in [0.717, 1.165) is 0 Å². The van der Waals surface area contributed by atoms with Crippen molar-refractivity contribution >= 4 is 15.7 Å². The fourth-order valence-electron chi connectivity index (χ4n) is 1.40. The van der Waals surface area contributed by atoms with Gasteiger partial charge in [0.2, 0.25) is 10.0 Å². The van der Waals surface area contributed by atoms with Gasteiger partial charge in [-0.1, -0.05) is 12.1 Å². The summed E-state index contributed by atoms with van der Waals surface area (Å²) in [7, 11) is -2.06. The van der Waals surface area contributed by atoms with Crippen LogP contribution in [0.4, 0.5) is 5.69 Å². The molecule has 0 unspecified atom stereocenters. The summed E-state index contributed by atoms with van der Waals surface area (Å²) in [6.45, 7) is 1.98. The second kappa shape index (κ2) is 7.32. The lowest BCUT2D eigenvalue weighted by molar-refractivity contribution is 0.151. The molecule has 1 aromatic carbocycles. The minimum Gasteiger partial charge on any atom is -0.382 e. The Bertz CT molecular complexity index is 462. The van der Waals surface area contributed by atoms with E-state index >= 15 is 0 Å². The standard InChI is InChI=1S/C11H19N3O3S/c1-13-18(15,16)11-5-3-2-4-10(11)14-7-9-17-8-6-12/h2-5,13-14H,6-9,12H2,1H3. The fourth-order valence-corrected chi connectivity index (χ4v) is 2.31. The first-order valence-corrected chi connectivity index (χ1v) is 7.14. The highest BCUT2D eigenvalue weighted by atomic mass is 32.2. The molecule has 0 atom stereocenters. The Morgan fingerprint density at radius 3 is 2.67 bits per heavy atom. The molecule has 0 saturated carbocycles. The SMILES string of the molecule is CNS(=O)(=O)c1ccccc1NCCOCCN. The molecule has 102 valence electrons. The van der Waals surface area contributed by atoms with Crippen LogP contribution in [0.2, 0.25) is 0 Å². The average molecular weight is 273 g/mol. The van der Waals surface area contributed by atoms with Gasteiger partial charge < -0.3 is 15.8 Å². The molecule has 6 nitrogen and oxygen atoms in total. The van der Waals surface area contributed by atoms with E-state index in [4.69, 9.17) is 10.5 Å². The molecule has 18 heavy (non-hydrogen) atoms. The number of ether oxygens (including phenoxy) is 1. The summed E-state index contributed by atoms with van der Waals surface area (Å²) in [6.07, 6.45) is 0. The van der Waals surface area contributed by atoms with Crippen LogP contribution < -0.4 is 15.8 Å². The fraction of sp³-hybridized carbons (Fsp3) is 0.455.